The van der Waals surface area contributed by atoms with E-state index < -0.39 is 0 Å². The van der Waals surface area contributed by atoms with Crippen molar-refractivity contribution < 1.29 is 0 Å². The third kappa shape index (κ3) is 1.44. The quantitative estimate of drug-likeness (QED) is 0.621. The van der Waals surface area contributed by atoms with E-state index in [9.17, 15) is 0 Å². The van der Waals surface area contributed by atoms with Crippen molar-refractivity contribution in [2.75, 3.05) is 0 Å². The lowest BCUT2D eigenvalue weighted by molar-refractivity contribution is 1.16. The molecule has 67 valence electrons. The van der Waals surface area contributed by atoms with Crippen molar-refractivity contribution in [1.82, 2.24) is 0 Å². The molecule has 0 spiro atoms. The van der Waals surface area contributed by atoms with Gasteiger partial charge < -0.3 is 0 Å². The first kappa shape index (κ1) is 8.97. The second-order valence-corrected chi connectivity index (χ2v) is 4.51. The Kier molecular flexibility index (Phi) is 2.51. The zero-order chi connectivity index (χ0) is 9.26. The molecule has 0 atom stereocenters. The van der Waals surface area contributed by atoms with Crippen molar-refractivity contribution in [3.8, 4) is 0 Å². The second-order valence-electron chi connectivity index (χ2n) is 3.26. The SMILES string of the molecule is CCC1=C(CC)c2ccccc2[P]1. The first-order chi connectivity index (χ1) is 6.36. The van der Waals surface area contributed by atoms with Crippen LogP contribution < -0.4 is 5.30 Å². The summed E-state index contributed by atoms with van der Waals surface area (Å²) in [6.07, 6.45) is 2.37. The minimum Gasteiger partial charge on any atom is -0.0616 e. The van der Waals surface area contributed by atoms with Crippen molar-refractivity contribution in [3.05, 3.63) is 35.1 Å². The van der Waals surface area contributed by atoms with Crippen LogP contribution in [0.5, 0.6) is 0 Å². The summed E-state index contributed by atoms with van der Waals surface area (Å²) in [4.78, 5) is 0. The van der Waals surface area contributed by atoms with E-state index in [1.54, 1.807) is 10.9 Å². The number of rotatable bonds is 2. The highest BCUT2D eigenvalue weighted by Gasteiger charge is 2.18. The van der Waals surface area contributed by atoms with Crippen LogP contribution in [-0.4, -0.2) is 0 Å². The first-order valence-corrected chi connectivity index (χ1v) is 5.79. The normalized spacial score (nSPS) is 16.8. The van der Waals surface area contributed by atoms with Crippen LogP contribution >= 0.6 is 8.58 Å². The molecule has 1 aliphatic heterocycles. The third-order valence-corrected chi connectivity index (χ3v) is 4.01. The Hall–Kier alpha value is -0.610. The summed E-state index contributed by atoms with van der Waals surface area (Å²) in [5, 5.41) is 3.11. The van der Waals surface area contributed by atoms with Crippen LogP contribution in [0.1, 0.15) is 32.3 Å². The number of hydrogen-bond donors (Lipinski definition) is 0. The van der Waals surface area contributed by atoms with E-state index >= 15 is 0 Å². The lowest BCUT2D eigenvalue weighted by atomic mass is 10.0. The van der Waals surface area contributed by atoms with E-state index in [2.05, 4.69) is 38.1 Å². The number of fused-ring (bicyclic) bond motifs is 1. The number of allylic oxidation sites excluding steroid dienone is 2. The minimum atomic E-state index is 1.17. The molecule has 0 saturated carbocycles. The standard InChI is InChI=1S/C12H14P/c1-3-9-10-7-5-6-8-12(10)13-11(9)4-2/h5-8H,3-4H2,1-2H3. The van der Waals surface area contributed by atoms with Crippen LogP contribution in [-0.2, 0) is 0 Å². The van der Waals surface area contributed by atoms with Crippen molar-refractivity contribution in [2.24, 2.45) is 0 Å². The van der Waals surface area contributed by atoms with E-state index in [4.69, 9.17) is 0 Å². The minimum absolute atomic E-state index is 1.17. The molecule has 0 nitrogen and oxygen atoms in total. The molecule has 0 aromatic heterocycles. The first-order valence-electron chi connectivity index (χ1n) is 4.90. The Labute approximate surface area is 81.8 Å². The average Bonchev–Trinajstić information content (AvgIpc) is 2.55. The van der Waals surface area contributed by atoms with Gasteiger partial charge in [-0.2, -0.15) is 0 Å². The molecule has 0 amide bonds. The van der Waals surface area contributed by atoms with Crippen LogP contribution in [0, 0.1) is 0 Å². The molecule has 1 aromatic rings. The van der Waals surface area contributed by atoms with E-state index in [1.165, 1.54) is 32.3 Å². The summed E-state index contributed by atoms with van der Waals surface area (Å²) in [6, 6.07) is 8.78. The van der Waals surface area contributed by atoms with E-state index in [1.807, 2.05) is 0 Å². The molecule has 13 heavy (non-hydrogen) atoms. The smallest absolute Gasteiger partial charge is 0.00741 e. The van der Waals surface area contributed by atoms with E-state index in [0.717, 1.165) is 0 Å². The lowest BCUT2D eigenvalue weighted by Gasteiger charge is -2.02. The van der Waals surface area contributed by atoms with Gasteiger partial charge in [-0.05, 0) is 43.2 Å². The van der Waals surface area contributed by atoms with Crippen LogP contribution in [0.3, 0.4) is 0 Å². The summed E-state index contributed by atoms with van der Waals surface area (Å²) >= 11 is 0. The maximum Gasteiger partial charge on any atom is -0.00741 e. The zero-order valence-electron chi connectivity index (χ0n) is 8.17. The summed E-state index contributed by atoms with van der Waals surface area (Å²) in [5.74, 6) is 0. The van der Waals surface area contributed by atoms with Gasteiger partial charge >= 0.3 is 0 Å². The molecular formula is C12H14P. The van der Waals surface area contributed by atoms with Gasteiger partial charge in [-0.15, -0.1) is 0 Å². The molecular weight excluding hydrogens is 175 g/mol. The lowest BCUT2D eigenvalue weighted by Crippen LogP contribution is -1.95. The van der Waals surface area contributed by atoms with Crippen LogP contribution in [0.4, 0.5) is 0 Å². The topological polar surface area (TPSA) is 0 Å². The van der Waals surface area contributed by atoms with E-state index in [0.29, 0.717) is 0 Å². The van der Waals surface area contributed by atoms with Crippen LogP contribution in [0.15, 0.2) is 29.6 Å². The predicted octanol–water partition coefficient (Wildman–Crippen LogP) is 3.80. The fourth-order valence-corrected chi connectivity index (χ4v) is 3.23. The Morgan fingerprint density at radius 1 is 1.08 bits per heavy atom. The summed E-state index contributed by atoms with van der Waals surface area (Å²) in [7, 11) is 1.44. The highest BCUT2D eigenvalue weighted by molar-refractivity contribution is 7.53. The molecule has 0 saturated heterocycles. The Morgan fingerprint density at radius 3 is 2.54 bits per heavy atom. The molecule has 1 heterocycles. The molecule has 0 aliphatic carbocycles. The van der Waals surface area contributed by atoms with Gasteiger partial charge in [0.1, 0.15) is 0 Å². The van der Waals surface area contributed by atoms with Crippen molar-refractivity contribution in [3.63, 3.8) is 0 Å². The van der Waals surface area contributed by atoms with Gasteiger partial charge in [0.15, 0.2) is 0 Å². The molecule has 1 radical (unpaired) electrons. The van der Waals surface area contributed by atoms with Gasteiger partial charge in [0.25, 0.3) is 0 Å². The average molecular weight is 189 g/mol. The molecule has 1 aliphatic rings. The van der Waals surface area contributed by atoms with Gasteiger partial charge in [-0.1, -0.05) is 38.1 Å². The van der Waals surface area contributed by atoms with E-state index in [-0.39, 0.29) is 0 Å². The van der Waals surface area contributed by atoms with Crippen molar-refractivity contribution >= 4 is 19.5 Å². The van der Waals surface area contributed by atoms with Crippen molar-refractivity contribution in [1.29, 1.82) is 0 Å². The highest BCUT2D eigenvalue weighted by Crippen LogP contribution is 2.42. The van der Waals surface area contributed by atoms with Gasteiger partial charge in [0.05, 0.1) is 0 Å². The second kappa shape index (κ2) is 3.64. The Bertz CT molecular complexity index is 350. The molecule has 0 N–H and O–H groups in total. The highest BCUT2D eigenvalue weighted by atomic mass is 31.1. The largest absolute Gasteiger partial charge is 0.0616 e. The Morgan fingerprint density at radius 2 is 1.85 bits per heavy atom. The van der Waals surface area contributed by atoms with Crippen molar-refractivity contribution in [2.45, 2.75) is 26.7 Å². The van der Waals surface area contributed by atoms with Gasteiger partial charge in [0, 0.05) is 0 Å². The molecule has 0 unspecified atom stereocenters. The third-order valence-electron chi connectivity index (χ3n) is 2.52. The summed E-state index contributed by atoms with van der Waals surface area (Å²) in [6.45, 7) is 4.51. The number of benzene rings is 1. The molecule has 2 rings (SSSR count). The summed E-state index contributed by atoms with van der Waals surface area (Å²) < 4.78 is 0. The van der Waals surface area contributed by atoms with Gasteiger partial charge in [0.2, 0.25) is 0 Å². The predicted molar refractivity (Wildman–Crippen MR) is 60.5 cm³/mol. The van der Waals surface area contributed by atoms with Gasteiger partial charge in [-0.3, -0.25) is 0 Å². The molecule has 1 heteroatoms. The number of hydrogen-bond acceptors (Lipinski definition) is 0. The fraction of sp³-hybridized carbons (Fsp3) is 0.333. The fourth-order valence-electron chi connectivity index (χ4n) is 1.88. The van der Waals surface area contributed by atoms with Crippen LogP contribution in [0.25, 0.3) is 5.57 Å². The summed E-state index contributed by atoms with van der Waals surface area (Å²) in [5.41, 5.74) is 3.07. The molecule has 0 fully saturated rings. The molecule has 0 bridgehead atoms. The zero-order valence-corrected chi connectivity index (χ0v) is 9.07. The Balaban J connectivity index is 2.48. The van der Waals surface area contributed by atoms with Gasteiger partial charge in [-0.25, -0.2) is 0 Å². The molecule has 1 aromatic carbocycles. The van der Waals surface area contributed by atoms with Crippen LogP contribution in [0.2, 0.25) is 0 Å². The maximum atomic E-state index is 2.25. The maximum absolute atomic E-state index is 2.25. The monoisotopic (exact) mass is 189 g/mol.